The maximum absolute atomic E-state index is 9.53. The standard InChI is InChI=1S/C3H6O3.Cu/c1-2-3(4,5)6;/h2,4-5H,1H3;/q-2;+2. The van der Waals surface area contributed by atoms with Gasteiger partial charge in [-0.3, -0.25) is 6.42 Å². The Bertz CT molecular complexity index is 39.9. The Morgan fingerprint density at radius 1 is 1.57 bits per heavy atom. The molecule has 0 heterocycles. The van der Waals surface area contributed by atoms with Gasteiger partial charge in [0.1, 0.15) is 0 Å². The molecule has 0 fully saturated rings. The van der Waals surface area contributed by atoms with Gasteiger partial charge in [-0.15, -0.1) is 0 Å². The molecular weight excluding hydrogens is 148 g/mol. The second kappa shape index (κ2) is 3.41. The minimum absolute atomic E-state index is 0. The molecule has 0 aromatic heterocycles. The molecule has 0 saturated heterocycles. The van der Waals surface area contributed by atoms with Crippen LogP contribution < -0.4 is 5.11 Å². The summed E-state index contributed by atoms with van der Waals surface area (Å²) in [7, 11) is 0. The van der Waals surface area contributed by atoms with Crippen molar-refractivity contribution in [3.05, 3.63) is 6.42 Å². The second-order valence-corrected chi connectivity index (χ2v) is 0.947. The zero-order chi connectivity index (χ0) is 5.21. The van der Waals surface area contributed by atoms with Crippen LogP contribution in [0.3, 0.4) is 0 Å². The topological polar surface area (TPSA) is 63.5 Å². The third-order valence-corrected chi connectivity index (χ3v) is 0.376. The molecule has 3 nitrogen and oxygen atoms in total. The van der Waals surface area contributed by atoms with Crippen molar-refractivity contribution in [3.8, 4) is 0 Å². The number of aliphatic hydroxyl groups is 2. The summed E-state index contributed by atoms with van der Waals surface area (Å²) < 4.78 is 0. The van der Waals surface area contributed by atoms with Crippen molar-refractivity contribution in [2.75, 3.05) is 0 Å². The summed E-state index contributed by atoms with van der Waals surface area (Å²) in [5.74, 6) is -2.83. The number of hydrogen-bond acceptors (Lipinski definition) is 3. The average molecular weight is 154 g/mol. The predicted octanol–water partition coefficient (Wildman–Crippen LogP) is -1.79. The first-order chi connectivity index (χ1) is 2.56. The Labute approximate surface area is 52.4 Å². The van der Waals surface area contributed by atoms with Crippen molar-refractivity contribution < 1.29 is 32.4 Å². The van der Waals surface area contributed by atoms with Gasteiger partial charge in [0.05, 0.1) is 0 Å². The van der Waals surface area contributed by atoms with Crippen molar-refractivity contribution in [3.63, 3.8) is 0 Å². The van der Waals surface area contributed by atoms with Crippen molar-refractivity contribution in [2.24, 2.45) is 0 Å². The molecule has 47 valence electrons. The zero-order valence-electron chi connectivity index (χ0n) is 3.68. The van der Waals surface area contributed by atoms with Crippen molar-refractivity contribution >= 4 is 0 Å². The van der Waals surface area contributed by atoms with E-state index in [0.717, 1.165) is 6.42 Å². The van der Waals surface area contributed by atoms with E-state index >= 15 is 0 Å². The van der Waals surface area contributed by atoms with Gasteiger partial charge in [-0.1, -0.05) is 0 Å². The molecule has 0 bridgehead atoms. The van der Waals surface area contributed by atoms with Gasteiger partial charge >= 0.3 is 17.1 Å². The Morgan fingerprint density at radius 2 is 1.71 bits per heavy atom. The van der Waals surface area contributed by atoms with Crippen molar-refractivity contribution in [1.29, 1.82) is 0 Å². The van der Waals surface area contributed by atoms with E-state index in [9.17, 15) is 5.11 Å². The van der Waals surface area contributed by atoms with Crippen LogP contribution in [0.4, 0.5) is 0 Å². The molecule has 0 amide bonds. The third kappa shape index (κ3) is 10.7. The Hall–Kier alpha value is 0.399. The van der Waals surface area contributed by atoms with Gasteiger partial charge in [-0.05, 0) is 5.97 Å². The molecular formula is C3H6CuO3. The summed E-state index contributed by atoms with van der Waals surface area (Å²) in [6.07, 6.45) is 0.743. The molecule has 7 heavy (non-hydrogen) atoms. The van der Waals surface area contributed by atoms with Gasteiger partial charge in [0.25, 0.3) is 0 Å². The van der Waals surface area contributed by atoms with Gasteiger partial charge in [-0.2, -0.15) is 6.92 Å². The van der Waals surface area contributed by atoms with Crippen LogP contribution in [-0.2, 0) is 17.1 Å². The van der Waals surface area contributed by atoms with Gasteiger partial charge in [0, 0.05) is 0 Å². The SMILES string of the molecule is C[CH-]C([O-])(O)O.[Cu+2]. The van der Waals surface area contributed by atoms with Crippen LogP contribution in [0.2, 0.25) is 0 Å². The van der Waals surface area contributed by atoms with Gasteiger partial charge in [0.2, 0.25) is 0 Å². The van der Waals surface area contributed by atoms with Crippen LogP contribution in [0.1, 0.15) is 6.92 Å². The van der Waals surface area contributed by atoms with E-state index in [4.69, 9.17) is 10.2 Å². The second-order valence-electron chi connectivity index (χ2n) is 0.947. The van der Waals surface area contributed by atoms with E-state index in [0.29, 0.717) is 0 Å². The van der Waals surface area contributed by atoms with Gasteiger partial charge < -0.3 is 15.3 Å². The van der Waals surface area contributed by atoms with E-state index in [1.54, 1.807) is 0 Å². The molecule has 0 rings (SSSR count). The summed E-state index contributed by atoms with van der Waals surface area (Å²) in [5, 5.41) is 25.1. The van der Waals surface area contributed by atoms with Crippen LogP contribution in [-0.4, -0.2) is 16.2 Å². The maximum atomic E-state index is 9.53. The normalized spacial score (nSPS) is 10.3. The molecule has 0 saturated carbocycles. The smallest absolute Gasteiger partial charge is 0.833 e. The molecule has 0 aliphatic heterocycles. The van der Waals surface area contributed by atoms with Crippen LogP contribution >= 0.6 is 0 Å². The maximum Gasteiger partial charge on any atom is 2.00 e. The Balaban J connectivity index is 0. The van der Waals surface area contributed by atoms with Crippen LogP contribution in [0, 0.1) is 6.42 Å². The minimum Gasteiger partial charge on any atom is -0.833 e. The molecule has 0 aliphatic rings. The summed E-state index contributed by atoms with van der Waals surface area (Å²) in [4.78, 5) is 0. The Kier molecular flexibility index (Phi) is 5.06. The molecule has 0 atom stereocenters. The van der Waals surface area contributed by atoms with Gasteiger partial charge in [0.15, 0.2) is 0 Å². The van der Waals surface area contributed by atoms with Crippen molar-refractivity contribution in [1.82, 2.24) is 0 Å². The molecule has 2 N–H and O–H groups in total. The van der Waals surface area contributed by atoms with E-state index < -0.39 is 5.97 Å². The van der Waals surface area contributed by atoms with E-state index in [2.05, 4.69) is 0 Å². The summed E-state index contributed by atoms with van der Waals surface area (Å²) in [5.41, 5.74) is 0. The molecule has 0 unspecified atom stereocenters. The van der Waals surface area contributed by atoms with Crippen molar-refractivity contribution in [2.45, 2.75) is 12.9 Å². The summed E-state index contributed by atoms with van der Waals surface area (Å²) in [6.45, 7) is 1.27. The Morgan fingerprint density at radius 3 is 1.71 bits per heavy atom. The average Bonchev–Trinajstić information content (AvgIpc) is 1.35. The van der Waals surface area contributed by atoms with Gasteiger partial charge in [-0.25, -0.2) is 0 Å². The molecule has 0 aliphatic carbocycles. The monoisotopic (exact) mass is 153 g/mol. The molecule has 1 radical (unpaired) electrons. The first-order valence-electron chi connectivity index (χ1n) is 1.52. The number of rotatable bonds is 1. The minimum atomic E-state index is -2.83. The first-order valence-corrected chi connectivity index (χ1v) is 1.52. The molecule has 0 spiro atoms. The summed E-state index contributed by atoms with van der Waals surface area (Å²) in [6, 6.07) is 0. The number of hydrogen-bond donors (Lipinski definition) is 2. The fourth-order valence-corrected chi connectivity index (χ4v) is 0. The zero-order valence-corrected chi connectivity index (χ0v) is 4.62. The van der Waals surface area contributed by atoms with Crippen LogP contribution in [0.25, 0.3) is 0 Å². The van der Waals surface area contributed by atoms with Crippen LogP contribution in [0.5, 0.6) is 0 Å². The summed E-state index contributed by atoms with van der Waals surface area (Å²) >= 11 is 0. The molecule has 4 heteroatoms. The third-order valence-electron chi connectivity index (χ3n) is 0.376. The van der Waals surface area contributed by atoms with E-state index in [-0.39, 0.29) is 17.1 Å². The molecule has 0 aromatic rings. The van der Waals surface area contributed by atoms with Crippen LogP contribution in [0.15, 0.2) is 0 Å². The first kappa shape index (κ1) is 10.4. The quantitative estimate of drug-likeness (QED) is 0.266. The van der Waals surface area contributed by atoms with E-state index in [1.807, 2.05) is 0 Å². The van der Waals surface area contributed by atoms with E-state index in [1.165, 1.54) is 6.92 Å². The predicted molar refractivity (Wildman–Crippen MR) is 17.1 cm³/mol. The molecule has 0 aromatic carbocycles. The fourth-order valence-electron chi connectivity index (χ4n) is 0. The largest absolute Gasteiger partial charge is 2.00 e. The fraction of sp³-hybridized carbons (Fsp3) is 0.667.